The van der Waals surface area contributed by atoms with Crippen molar-refractivity contribution in [3.05, 3.63) is 83.4 Å². The van der Waals surface area contributed by atoms with Gasteiger partial charge >= 0.3 is 5.97 Å². The highest BCUT2D eigenvalue weighted by molar-refractivity contribution is 6.02. The van der Waals surface area contributed by atoms with Crippen LogP contribution in [-0.4, -0.2) is 49.6 Å². The maximum Gasteiger partial charge on any atom is 0.311 e. The van der Waals surface area contributed by atoms with Gasteiger partial charge in [0.05, 0.1) is 0 Å². The number of benzene rings is 1. The molecule has 3 rings (SSSR count). The summed E-state index contributed by atoms with van der Waals surface area (Å²) in [5.41, 5.74) is 5.04. The largest absolute Gasteiger partial charge is 0.481 e. The molecule has 0 aromatic heterocycles. The van der Waals surface area contributed by atoms with Gasteiger partial charge in [0, 0.05) is 37.5 Å². The van der Waals surface area contributed by atoms with Crippen molar-refractivity contribution in [1.82, 2.24) is 0 Å². The lowest BCUT2D eigenvalue weighted by atomic mass is 9.99. The van der Waals surface area contributed by atoms with Gasteiger partial charge in [-0.3, -0.25) is 4.79 Å². The van der Waals surface area contributed by atoms with E-state index < -0.39 is 16.2 Å². The topological polar surface area (TPSA) is 145 Å². The SMILES string of the molecule is CN(C)c1ccc(C2=CC(=C3C=CC(=[N+](C)C)C=C3)OC(CC(=O)O)=C2)cc1.[O-][Cl+3]([O-])([O-])[O-]. The van der Waals surface area contributed by atoms with Crippen molar-refractivity contribution in [2.24, 2.45) is 0 Å². The van der Waals surface area contributed by atoms with Crippen LogP contribution in [0.5, 0.6) is 0 Å². The summed E-state index contributed by atoms with van der Waals surface area (Å²) in [5, 5.41) is 9.21. The number of hydrogen-bond acceptors (Lipinski definition) is 7. The van der Waals surface area contributed by atoms with E-state index in [9.17, 15) is 9.90 Å². The molecule has 1 aliphatic carbocycles. The van der Waals surface area contributed by atoms with Gasteiger partial charge in [0.1, 0.15) is 32.0 Å². The van der Waals surface area contributed by atoms with Crippen molar-refractivity contribution in [3.63, 3.8) is 0 Å². The van der Waals surface area contributed by atoms with Gasteiger partial charge in [0.25, 0.3) is 0 Å². The Morgan fingerprint density at radius 2 is 1.55 bits per heavy atom. The lowest BCUT2D eigenvalue weighted by molar-refractivity contribution is -2.00. The van der Waals surface area contributed by atoms with Crippen LogP contribution in [-0.2, 0) is 9.53 Å². The first-order valence-corrected chi connectivity index (χ1v) is 10.9. The number of hydrogen-bond donors (Lipinski definition) is 1. The van der Waals surface area contributed by atoms with E-state index in [1.165, 1.54) is 0 Å². The maximum absolute atomic E-state index is 11.2. The first kappa shape index (κ1) is 26.0. The summed E-state index contributed by atoms with van der Waals surface area (Å²) in [6, 6.07) is 8.16. The van der Waals surface area contributed by atoms with Gasteiger partial charge in [0.2, 0.25) is 0 Å². The molecule has 10 heteroatoms. The van der Waals surface area contributed by atoms with Crippen LogP contribution in [0.15, 0.2) is 77.8 Å². The maximum atomic E-state index is 11.2. The molecule has 1 heterocycles. The zero-order valence-electron chi connectivity index (χ0n) is 18.6. The van der Waals surface area contributed by atoms with Crippen molar-refractivity contribution < 1.29 is 48.1 Å². The zero-order chi connectivity index (χ0) is 24.8. The summed E-state index contributed by atoms with van der Waals surface area (Å²) in [6.07, 6.45) is 11.6. The van der Waals surface area contributed by atoms with Gasteiger partial charge in [-0.1, -0.05) is 12.1 Å². The highest BCUT2D eigenvalue weighted by Gasteiger charge is 2.18. The lowest BCUT2D eigenvalue weighted by Gasteiger charge is -2.20. The van der Waals surface area contributed by atoms with Crippen LogP contribution in [0, 0.1) is 10.2 Å². The zero-order valence-corrected chi connectivity index (χ0v) is 19.4. The lowest BCUT2D eigenvalue weighted by Crippen LogP contribution is -2.68. The van der Waals surface area contributed by atoms with Crippen LogP contribution in [0.2, 0.25) is 0 Å². The van der Waals surface area contributed by atoms with Gasteiger partial charge < -0.3 is 14.7 Å². The first-order chi connectivity index (χ1) is 15.3. The molecule has 1 aliphatic heterocycles. The molecule has 0 radical (unpaired) electrons. The molecule has 0 spiro atoms. The van der Waals surface area contributed by atoms with Crippen molar-refractivity contribution >= 4 is 22.9 Å². The number of allylic oxidation sites excluding steroid dienone is 8. The van der Waals surface area contributed by atoms with Gasteiger partial charge in [-0.25, -0.2) is 23.2 Å². The van der Waals surface area contributed by atoms with Crippen molar-refractivity contribution in [3.8, 4) is 0 Å². The number of carboxylic acids is 1. The minimum atomic E-state index is -4.94. The number of carboxylic acid groups (broad SMARTS) is 1. The highest BCUT2D eigenvalue weighted by atomic mass is 35.7. The van der Waals surface area contributed by atoms with Gasteiger partial charge in [0.15, 0.2) is 5.71 Å². The molecular weight excluding hydrogens is 452 g/mol. The Balaban J connectivity index is 0.000000696. The summed E-state index contributed by atoms with van der Waals surface area (Å²) in [7, 11) is 3.03. The third kappa shape index (κ3) is 8.68. The summed E-state index contributed by atoms with van der Waals surface area (Å²) in [4.78, 5) is 13.3. The smallest absolute Gasteiger partial charge is 0.311 e. The number of carbonyl (C=O) groups is 1. The predicted molar refractivity (Wildman–Crippen MR) is 113 cm³/mol. The average molecular weight is 477 g/mol. The van der Waals surface area contributed by atoms with Gasteiger partial charge in [-0.2, -0.15) is 0 Å². The highest BCUT2D eigenvalue weighted by Crippen LogP contribution is 2.31. The molecule has 33 heavy (non-hydrogen) atoms. The number of nitrogens with zero attached hydrogens (tertiary/aromatic N) is 2. The predicted octanol–water partition coefficient (Wildman–Crippen LogP) is -1.14. The Labute approximate surface area is 194 Å². The van der Waals surface area contributed by atoms with E-state index >= 15 is 0 Å². The van der Waals surface area contributed by atoms with Crippen molar-refractivity contribution in [2.45, 2.75) is 6.42 Å². The molecule has 0 saturated carbocycles. The quantitative estimate of drug-likeness (QED) is 0.537. The van der Waals surface area contributed by atoms with Crippen LogP contribution >= 0.6 is 0 Å². The van der Waals surface area contributed by atoms with Crippen LogP contribution in [0.1, 0.15) is 12.0 Å². The van der Waals surface area contributed by atoms with Crippen molar-refractivity contribution in [1.29, 1.82) is 0 Å². The number of anilines is 1. The Kier molecular flexibility index (Phi) is 8.75. The van der Waals surface area contributed by atoms with Crippen LogP contribution in [0.4, 0.5) is 5.69 Å². The molecule has 1 aromatic carbocycles. The second-order valence-electron chi connectivity index (χ2n) is 7.51. The molecule has 0 bridgehead atoms. The fourth-order valence-electron chi connectivity index (χ4n) is 2.98. The molecule has 1 N–H and O–H groups in total. The second-order valence-corrected chi connectivity index (χ2v) is 8.26. The first-order valence-electron chi connectivity index (χ1n) is 9.69. The number of rotatable bonds is 4. The van der Waals surface area contributed by atoms with E-state index in [1.54, 1.807) is 6.08 Å². The van der Waals surface area contributed by atoms with Crippen LogP contribution < -0.4 is 23.5 Å². The van der Waals surface area contributed by atoms with E-state index in [4.69, 9.17) is 23.4 Å². The number of aliphatic carboxylic acids is 1. The minimum absolute atomic E-state index is 0.160. The Bertz CT molecular complexity index is 1050. The number of ether oxygens (including phenoxy) is 1. The summed E-state index contributed by atoms with van der Waals surface area (Å²) < 4.78 is 41.9. The molecule has 0 saturated heterocycles. The second kappa shape index (κ2) is 11.1. The molecule has 2 aliphatic rings. The standard InChI is InChI=1S/C23H24N2O3.ClHO4/c1-24(2)19-9-5-16(6-10-19)18-13-21(15-23(26)27)28-22(14-18)17-7-11-20(12-8-17)25(3)4;2-1(3,4)5/h5-14H,15H2,1-4H3;(H,2,3,4,5). The summed E-state index contributed by atoms with van der Waals surface area (Å²) in [6.45, 7) is 0. The molecule has 176 valence electrons. The fourth-order valence-corrected chi connectivity index (χ4v) is 2.98. The van der Waals surface area contributed by atoms with E-state index in [-0.39, 0.29) is 6.42 Å². The van der Waals surface area contributed by atoms with Crippen LogP contribution in [0.25, 0.3) is 5.57 Å². The summed E-state index contributed by atoms with van der Waals surface area (Å²) in [5.74, 6) is 0.155. The van der Waals surface area contributed by atoms with Gasteiger partial charge in [-0.15, -0.1) is 10.2 Å². The average Bonchev–Trinajstić information content (AvgIpc) is 2.72. The van der Waals surface area contributed by atoms with E-state index in [0.717, 1.165) is 28.1 Å². The Hall–Kier alpha value is -3.21. The molecule has 0 amide bonds. The van der Waals surface area contributed by atoms with Gasteiger partial charge in [-0.05, 0) is 47.6 Å². The third-order valence-corrected chi connectivity index (χ3v) is 4.55. The molecule has 0 unspecified atom stereocenters. The van der Waals surface area contributed by atoms with Crippen LogP contribution in [0.3, 0.4) is 0 Å². The van der Waals surface area contributed by atoms with E-state index in [0.29, 0.717) is 11.5 Å². The molecule has 0 atom stereocenters. The fraction of sp³-hybridized carbons (Fsp3) is 0.217. The summed E-state index contributed by atoms with van der Waals surface area (Å²) >= 11 is 0. The number of halogens is 1. The Morgan fingerprint density at radius 1 is 1.00 bits per heavy atom. The van der Waals surface area contributed by atoms with E-state index in [1.807, 2.05) is 92.3 Å². The van der Waals surface area contributed by atoms with E-state index in [2.05, 4.69) is 0 Å². The molecule has 0 fully saturated rings. The third-order valence-electron chi connectivity index (χ3n) is 4.55. The van der Waals surface area contributed by atoms with Crippen molar-refractivity contribution in [2.75, 3.05) is 33.1 Å². The molecular formula is C23H25ClN2O7. The molecule has 1 aromatic rings. The normalized spacial score (nSPS) is 15.2. The molecule has 9 nitrogen and oxygen atoms in total. The Morgan fingerprint density at radius 3 is 2.00 bits per heavy atom. The minimum Gasteiger partial charge on any atom is -0.481 e. The monoisotopic (exact) mass is 476 g/mol.